The quantitative estimate of drug-likeness (QED) is 0.849. The molecule has 2 aromatic rings. The van der Waals surface area contributed by atoms with Gasteiger partial charge in [0.05, 0.1) is 11.9 Å². The average Bonchev–Trinajstić information content (AvgIpc) is 2.69. The number of aromatic nitrogens is 2. The minimum atomic E-state index is 0.359. The number of imidazole rings is 1. The van der Waals surface area contributed by atoms with Gasteiger partial charge in [-0.2, -0.15) is 0 Å². The predicted molar refractivity (Wildman–Crippen MR) is 75.8 cm³/mol. The summed E-state index contributed by atoms with van der Waals surface area (Å²) in [6.45, 7) is 6.83. The summed E-state index contributed by atoms with van der Waals surface area (Å²) in [5.74, 6) is 0.921. The highest BCUT2D eigenvalue weighted by Crippen LogP contribution is 2.21. The lowest BCUT2D eigenvalue weighted by atomic mass is 10.2. The maximum atomic E-state index is 5.85. The first-order valence-corrected chi connectivity index (χ1v) is 6.79. The number of ether oxygens (including phenoxy) is 1. The van der Waals surface area contributed by atoms with Crippen LogP contribution >= 0.6 is 15.9 Å². The maximum Gasteiger partial charge on any atom is 0.177 e. The number of benzene rings is 1. The summed E-state index contributed by atoms with van der Waals surface area (Å²) >= 11 is 3.45. The van der Waals surface area contributed by atoms with Gasteiger partial charge in [0.2, 0.25) is 0 Å². The molecule has 0 amide bonds. The van der Waals surface area contributed by atoms with Crippen LogP contribution in [-0.2, 0) is 6.61 Å². The third-order valence-corrected chi connectivity index (χ3v) is 3.40. The van der Waals surface area contributed by atoms with Gasteiger partial charge >= 0.3 is 0 Å². The van der Waals surface area contributed by atoms with E-state index in [-0.39, 0.29) is 0 Å². The SMILES string of the molecule is Cc1ccccc1OCc1cnc(Br)n1C(C)C. The van der Waals surface area contributed by atoms with Crippen LogP contribution in [0.15, 0.2) is 35.2 Å². The number of rotatable bonds is 4. The molecule has 2 rings (SSSR count). The van der Waals surface area contributed by atoms with E-state index in [0.29, 0.717) is 12.6 Å². The minimum absolute atomic E-state index is 0.359. The molecule has 0 aliphatic rings. The average molecular weight is 309 g/mol. The van der Waals surface area contributed by atoms with Crippen molar-refractivity contribution >= 4 is 15.9 Å². The summed E-state index contributed by atoms with van der Waals surface area (Å²) in [7, 11) is 0. The fourth-order valence-corrected chi connectivity index (χ4v) is 2.63. The van der Waals surface area contributed by atoms with Gasteiger partial charge in [0.15, 0.2) is 4.73 Å². The highest BCUT2D eigenvalue weighted by atomic mass is 79.9. The molecule has 0 saturated heterocycles. The molecule has 96 valence electrons. The molecule has 0 aliphatic carbocycles. The van der Waals surface area contributed by atoms with E-state index >= 15 is 0 Å². The van der Waals surface area contributed by atoms with Gasteiger partial charge in [-0.25, -0.2) is 4.98 Å². The van der Waals surface area contributed by atoms with E-state index in [1.807, 2.05) is 37.4 Å². The second-order valence-electron chi connectivity index (χ2n) is 4.54. The van der Waals surface area contributed by atoms with Crippen LogP contribution in [0.5, 0.6) is 5.75 Å². The third-order valence-electron chi connectivity index (χ3n) is 2.81. The Bertz CT molecular complexity index is 534. The Balaban J connectivity index is 2.14. The van der Waals surface area contributed by atoms with Crippen LogP contribution in [0, 0.1) is 6.92 Å². The fourth-order valence-electron chi connectivity index (χ4n) is 1.89. The lowest BCUT2D eigenvalue weighted by molar-refractivity contribution is 0.289. The van der Waals surface area contributed by atoms with Gasteiger partial charge in [0, 0.05) is 6.04 Å². The summed E-state index contributed by atoms with van der Waals surface area (Å²) in [5, 5.41) is 0. The molecule has 1 heterocycles. The lowest BCUT2D eigenvalue weighted by Crippen LogP contribution is -2.08. The number of halogens is 1. The topological polar surface area (TPSA) is 27.1 Å². The van der Waals surface area contributed by atoms with Gasteiger partial charge in [-0.05, 0) is 48.3 Å². The minimum Gasteiger partial charge on any atom is -0.487 e. The van der Waals surface area contributed by atoms with Gasteiger partial charge in [-0.3, -0.25) is 0 Å². The highest BCUT2D eigenvalue weighted by molar-refractivity contribution is 9.10. The molecule has 0 fully saturated rings. The van der Waals surface area contributed by atoms with Crippen molar-refractivity contribution in [1.82, 2.24) is 9.55 Å². The summed E-state index contributed by atoms with van der Waals surface area (Å²) in [6, 6.07) is 8.39. The van der Waals surface area contributed by atoms with Crippen LogP contribution < -0.4 is 4.74 Å². The van der Waals surface area contributed by atoms with Gasteiger partial charge in [-0.15, -0.1) is 0 Å². The summed E-state index contributed by atoms with van der Waals surface area (Å²) in [5.41, 5.74) is 2.22. The molecular formula is C14H17BrN2O. The van der Waals surface area contributed by atoms with E-state index in [4.69, 9.17) is 4.74 Å². The molecule has 0 spiro atoms. The Kier molecular flexibility index (Phi) is 4.07. The number of aryl methyl sites for hydroxylation is 1. The number of hydrogen-bond acceptors (Lipinski definition) is 2. The monoisotopic (exact) mass is 308 g/mol. The first kappa shape index (κ1) is 13.1. The molecular weight excluding hydrogens is 292 g/mol. The van der Waals surface area contributed by atoms with E-state index in [1.165, 1.54) is 0 Å². The molecule has 4 heteroatoms. The van der Waals surface area contributed by atoms with E-state index in [2.05, 4.69) is 39.3 Å². The predicted octanol–water partition coefficient (Wildman–Crippen LogP) is 4.11. The normalized spacial score (nSPS) is 10.9. The van der Waals surface area contributed by atoms with Crippen molar-refractivity contribution in [1.29, 1.82) is 0 Å². The molecule has 18 heavy (non-hydrogen) atoms. The third kappa shape index (κ3) is 2.75. The molecule has 0 bridgehead atoms. The van der Waals surface area contributed by atoms with Crippen molar-refractivity contribution in [3.8, 4) is 5.75 Å². The Morgan fingerprint density at radius 2 is 2.06 bits per heavy atom. The first-order chi connectivity index (χ1) is 8.59. The zero-order valence-corrected chi connectivity index (χ0v) is 12.4. The van der Waals surface area contributed by atoms with E-state index in [9.17, 15) is 0 Å². The van der Waals surface area contributed by atoms with Crippen LogP contribution in [0.1, 0.15) is 31.1 Å². The summed E-state index contributed by atoms with van der Waals surface area (Å²) in [6.07, 6.45) is 1.85. The molecule has 0 aliphatic heterocycles. The lowest BCUT2D eigenvalue weighted by Gasteiger charge is -2.14. The van der Waals surface area contributed by atoms with Gasteiger partial charge < -0.3 is 9.30 Å². The second kappa shape index (κ2) is 5.57. The zero-order chi connectivity index (χ0) is 13.1. The molecule has 0 unspecified atom stereocenters. The second-order valence-corrected chi connectivity index (χ2v) is 5.25. The van der Waals surface area contributed by atoms with Gasteiger partial charge in [0.1, 0.15) is 12.4 Å². The standard InChI is InChI=1S/C14H17BrN2O/c1-10(2)17-12(8-16-14(17)15)9-18-13-7-5-4-6-11(13)3/h4-8,10H,9H2,1-3H3. The summed E-state index contributed by atoms with van der Waals surface area (Å²) < 4.78 is 8.82. The molecule has 1 aromatic carbocycles. The van der Waals surface area contributed by atoms with Crippen molar-refractivity contribution in [2.24, 2.45) is 0 Å². The number of nitrogens with zero attached hydrogens (tertiary/aromatic N) is 2. The molecule has 3 nitrogen and oxygen atoms in total. The number of para-hydroxylation sites is 1. The van der Waals surface area contributed by atoms with Crippen molar-refractivity contribution < 1.29 is 4.74 Å². The largest absolute Gasteiger partial charge is 0.487 e. The van der Waals surface area contributed by atoms with Crippen molar-refractivity contribution in [3.05, 3.63) is 46.5 Å². The molecule has 0 atom stereocenters. The Hall–Kier alpha value is -1.29. The molecule has 1 aromatic heterocycles. The van der Waals surface area contributed by atoms with Crippen LogP contribution in [0.4, 0.5) is 0 Å². The highest BCUT2D eigenvalue weighted by Gasteiger charge is 2.11. The van der Waals surface area contributed by atoms with Crippen LogP contribution in [0.3, 0.4) is 0 Å². The van der Waals surface area contributed by atoms with Gasteiger partial charge in [0.25, 0.3) is 0 Å². The molecule has 0 saturated carbocycles. The zero-order valence-electron chi connectivity index (χ0n) is 10.9. The Morgan fingerprint density at radius 3 is 2.72 bits per heavy atom. The summed E-state index contributed by atoms with van der Waals surface area (Å²) in [4.78, 5) is 4.27. The van der Waals surface area contributed by atoms with E-state index < -0.39 is 0 Å². The molecule has 0 radical (unpaired) electrons. The van der Waals surface area contributed by atoms with Crippen molar-refractivity contribution in [2.45, 2.75) is 33.4 Å². The number of hydrogen-bond donors (Lipinski definition) is 0. The van der Waals surface area contributed by atoms with Crippen LogP contribution in [-0.4, -0.2) is 9.55 Å². The Labute approximate surface area is 116 Å². The smallest absolute Gasteiger partial charge is 0.177 e. The van der Waals surface area contributed by atoms with Crippen molar-refractivity contribution in [2.75, 3.05) is 0 Å². The van der Waals surface area contributed by atoms with Gasteiger partial charge in [-0.1, -0.05) is 18.2 Å². The van der Waals surface area contributed by atoms with Crippen LogP contribution in [0.25, 0.3) is 0 Å². The van der Waals surface area contributed by atoms with E-state index in [1.54, 1.807) is 0 Å². The molecule has 0 N–H and O–H groups in total. The van der Waals surface area contributed by atoms with Crippen LogP contribution in [0.2, 0.25) is 0 Å². The van der Waals surface area contributed by atoms with E-state index in [0.717, 1.165) is 21.7 Å². The van der Waals surface area contributed by atoms with Crippen molar-refractivity contribution in [3.63, 3.8) is 0 Å². The maximum absolute atomic E-state index is 5.85. The fraction of sp³-hybridized carbons (Fsp3) is 0.357. The first-order valence-electron chi connectivity index (χ1n) is 5.99. The Morgan fingerprint density at radius 1 is 1.33 bits per heavy atom.